The Bertz CT molecular complexity index is 527. The van der Waals surface area contributed by atoms with Crippen molar-refractivity contribution >= 4 is 0 Å². The summed E-state index contributed by atoms with van der Waals surface area (Å²) in [7, 11) is 0. The van der Waals surface area contributed by atoms with Gasteiger partial charge in [-0.1, -0.05) is 54.2 Å². The van der Waals surface area contributed by atoms with E-state index in [0.717, 1.165) is 0 Å². The van der Waals surface area contributed by atoms with Crippen LogP contribution >= 0.6 is 0 Å². The van der Waals surface area contributed by atoms with Gasteiger partial charge in [0.25, 0.3) is 0 Å². The van der Waals surface area contributed by atoms with Crippen LogP contribution < -0.4 is 0 Å². The summed E-state index contributed by atoms with van der Waals surface area (Å²) in [6, 6.07) is 14.5. The van der Waals surface area contributed by atoms with E-state index in [-0.39, 0.29) is 32.7 Å². The van der Waals surface area contributed by atoms with Crippen LogP contribution in [0.3, 0.4) is 0 Å². The van der Waals surface area contributed by atoms with Crippen molar-refractivity contribution in [3.63, 3.8) is 0 Å². The number of rotatable bonds is 2. The van der Waals surface area contributed by atoms with Crippen LogP contribution in [0.4, 0.5) is 0 Å². The van der Waals surface area contributed by atoms with Crippen molar-refractivity contribution < 1.29 is 32.7 Å². The molecule has 19 heavy (non-hydrogen) atoms. The van der Waals surface area contributed by atoms with Gasteiger partial charge in [0.1, 0.15) is 0 Å². The molecule has 0 nitrogen and oxygen atoms in total. The third-order valence-corrected chi connectivity index (χ3v) is 3.45. The van der Waals surface area contributed by atoms with Crippen molar-refractivity contribution in [1.82, 2.24) is 0 Å². The Morgan fingerprint density at radius 2 is 1.53 bits per heavy atom. The average molecular weight is 326 g/mol. The van der Waals surface area contributed by atoms with Crippen molar-refractivity contribution in [2.45, 2.75) is 40.5 Å². The number of hydrogen-bond acceptors (Lipinski definition) is 0. The van der Waals surface area contributed by atoms with E-state index in [4.69, 9.17) is 0 Å². The Morgan fingerprint density at radius 3 is 1.95 bits per heavy atom. The van der Waals surface area contributed by atoms with Crippen LogP contribution in [0.25, 0.3) is 11.1 Å². The van der Waals surface area contributed by atoms with Gasteiger partial charge >= 0.3 is 0 Å². The van der Waals surface area contributed by atoms with Crippen LogP contribution in [0.15, 0.2) is 30.3 Å². The molecule has 2 aromatic rings. The van der Waals surface area contributed by atoms with Gasteiger partial charge in [-0.25, -0.2) is 0 Å². The van der Waals surface area contributed by atoms with Crippen LogP contribution in [0, 0.1) is 26.8 Å². The number of benzene rings is 2. The summed E-state index contributed by atoms with van der Waals surface area (Å²) in [5.74, 6) is 0.565. The predicted molar refractivity (Wildman–Crippen MR) is 79.0 cm³/mol. The normalized spacial score (nSPS) is 10.4. The van der Waals surface area contributed by atoms with Gasteiger partial charge in [-0.15, -0.1) is 35.4 Å². The van der Waals surface area contributed by atoms with E-state index in [1.165, 1.54) is 33.4 Å². The van der Waals surface area contributed by atoms with Gasteiger partial charge < -0.3 is 0 Å². The fourth-order valence-electron chi connectivity index (χ4n) is 2.56. The Morgan fingerprint density at radius 1 is 0.947 bits per heavy atom. The minimum atomic E-state index is 0. The summed E-state index contributed by atoms with van der Waals surface area (Å²) >= 11 is 0. The first kappa shape index (κ1) is 16.6. The van der Waals surface area contributed by atoms with Gasteiger partial charge in [0.2, 0.25) is 0 Å². The quantitative estimate of drug-likeness (QED) is 0.666. The van der Waals surface area contributed by atoms with E-state index >= 15 is 0 Å². The molecule has 0 spiro atoms. The largest absolute Gasteiger partial charge is 0.144 e. The van der Waals surface area contributed by atoms with E-state index in [9.17, 15) is 0 Å². The molecule has 0 aliphatic rings. The second-order valence-corrected chi connectivity index (χ2v) is 5.46. The molecule has 0 atom stereocenters. The maximum atomic E-state index is 3.44. The Balaban J connectivity index is 0.00000180. The van der Waals surface area contributed by atoms with E-state index in [0.29, 0.717) is 5.92 Å². The predicted octanol–water partition coefficient (Wildman–Crippen LogP) is 5.20. The monoisotopic (exact) mass is 326 g/mol. The first-order chi connectivity index (χ1) is 8.49. The molecule has 0 unspecified atom stereocenters. The van der Waals surface area contributed by atoms with Gasteiger partial charge in [-0.3, -0.25) is 0 Å². The molecule has 0 heterocycles. The SMILES string of the molecule is Cc1cc(C)c(-c2[c-]cc(C(C)C)cc2)c(C)c1.[Y]. The zero-order chi connectivity index (χ0) is 13.3. The molecule has 0 aliphatic carbocycles. The van der Waals surface area contributed by atoms with Crippen LogP contribution in [0.2, 0.25) is 0 Å². The van der Waals surface area contributed by atoms with E-state index in [1.54, 1.807) is 0 Å². The molecule has 0 fully saturated rings. The molecule has 0 amide bonds. The van der Waals surface area contributed by atoms with E-state index in [2.05, 4.69) is 71.0 Å². The topological polar surface area (TPSA) is 0 Å². The Kier molecular flexibility index (Phi) is 5.95. The average Bonchev–Trinajstić information content (AvgIpc) is 2.28. The van der Waals surface area contributed by atoms with Crippen molar-refractivity contribution in [2.75, 3.05) is 0 Å². The minimum Gasteiger partial charge on any atom is -0.144 e. The summed E-state index contributed by atoms with van der Waals surface area (Å²) < 4.78 is 0. The minimum absolute atomic E-state index is 0. The van der Waals surface area contributed by atoms with Crippen LogP contribution in [-0.2, 0) is 32.7 Å². The first-order valence-corrected chi connectivity index (χ1v) is 6.59. The molecule has 0 bridgehead atoms. The molecule has 1 radical (unpaired) electrons. The summed E-state index contributed by atoms with van der Waals surface area (Å²) in [6.45, 7) is 10.9. The zero-order valence-corrected chi connectivity index (χ0v) is 15.4. The van der Waals surface area contributed by atoms with Gasteiger partial charge in [-0.2, -0.15) is 0 Å². The van der Waals surface area contributed by atoms with E-state index in [1.807, 2.05) is 0 Å². The van der Waals surface area contributed by atoms with Crippen molar-refractivity contribution in [2.24, 2.45) is 0 Å². The van der Waals surface area contributed by atoms with Crippen LogP contribution in [0.5, 0.6) is 0 Å². The van der Waals surface area contributed by atoms with Gasteiger partial charge in [0, 0.05) is 32.7 Å². The molecule has 2 rings (SSSR count). The molecule has 0 aliphatic heterocycles. The fourth-order valence-corrected chi connectivity index (χ4v) is 2.56. The molecule has 1 heteroatoms. The number of hydrogen-bond donors (Lipinski definition) is 0. The Hall–Kier alpha value is -0.456. The van der Waals surface area contributed by atoms with Crippen LogP contribution in [0.1, 0.15) is 42.0 Å². The second kappa shape index (κ2) is 6.82. The fraction of sp³-hybridized carbons (Fsp3) is 0.333. The summed E-state index contributed by atoms with van der Waals surface area (Å²) in [4.78, 5) is 0. The number of aryl methyl sites for hydroxylation is 3. The van der Waals surface area contributed by atoms with Gasteiger partial charge in [0.15, 0.2) is 0 Å². The third kappa shape index (κ3) is 3.77. The summed E-state index contributed by atoms with van der Waals surface area (Å²) in [5.41, 5.74) is 7.88. The molecule has 97 valence electrons. The maximum Gasteiger partial charge on any atom is 0 e. The third-order valence-electron chi connectivity index (χ3n) is 3.45. The van der Waals surface area contributed by atoms with Gasteiger partial charge in [-0.05, 0) is 20.8 Å². The molecule has 0 saturated carbocycles. The molecular formula is C18H21Y-. The molecule has 0 saturated heterocycles. The summed E-state index contributed by atoms with van der Waals surface area (Å²) in [5, 5.41) is 0. The smallest absolute Gasteiger partial charge is 0 e. The molecule has 2 aromatic carbocycles. The van der Waals surface area contributed by atoms with Crippen molar-refractivity contribution in [3.8, 4) is 11.1 Å². The van der Waals surface area contributed by atoms with Crippen molar-refractivity contribution in [3.05, 3.63) is 58.7 Å². The molecular weight excluding hydrogens is 305 g/mol. The van der Waals surface area contributed by atoms with E-state index < -0.39 is 0 Å². The maximum absolute atomic E-state index is 3.44. The molecule has 0 N–H and O–H groups in total. The van der Waals surface area contributed by atoms with Gasteiger partial charge in [0.05, 0.1) is 0 Å². The van der Waals surface area contributed by atoms with Crippen molar-refractivity contribution in [1.29, 1.82) is 0 Å². The Labute approximate surface area is 142 Å². The van der Waals surface area contributed by atoms with Crippen LogP contribution in [-0.4, -0.2) is 0 Å². The standard InChI is InChI=1S/C18H21.Y/c1-12(2)16-6-8-17(9-7-16)18-14(4)10-13(3)11-15(18)5;/h6-8,10-12H,1-5H3;/q-1;. The first-order valence-electron chi connectivity index (χ1n) is 6.59. The zero-order valence-electron chi connectivity index (χ0n) is 12.5. The summed E-state index contributed by atoms with van der Waals surface area (Å²) in [6.07, 6.45) is 0. The second-order valence-electron chi connectivity index (χ2n) is 5.46. The molecule has 0 aromatic heterocycles.